The van der Waals surface area contributed by atoms with E-state index in [2.05, 4.69) is 44.3 Å². The van der Waals surface area contributed by atoms with E-state index in [1.807, 2.05) is 6.07 Å². The van der Waals surface area contributed by atoms with Gasteiger partial charge in [-0.15, -0.1) is 0 Å². The quantitative estimate of drug-likeness (QED) is 0.801. The van der Waals surface area contributed by atoms with Crippen molar-refractivity contribution in [2.24, 2.45) is 0 Å². The summed E-state index contributed by atoms with van der Waals surface area (Å²) in [4.78, 5) is 0. The Bertz CT molecular complexity index is 535. The van der Waals surface area contributed by atoms with Crippen LogP contribution in [-0.2, 0) is 9.84 Å². The molecule has 0 saturated heterocycles. The molecule has 0 aromatic heterocycles. The second-order valence-corrected chi connectivity index (χ2v) is 9.06. The van der Waals surface area contributed by atoms with E-state index in [1.165, 1.54) is 11.1 Å². The molecule has 1 aromatic rings. The Morgan fingerprint density at radius 1 is 1.14 bits per heavy atom. The van der Waals surface area contributed by atoms with Gasteiger partial charge >= 0.3 is 0 Å². The van der Waals surface area contributed by atoms with E-state index < -0.39 is 9.84 Å². The van der Waals surface area contributed by atoms with Gasteiger partial charge in [0.15, 0.2) is 9.84 Å². The third kappa shape index (κ3) is 6.18. The summed E-state index contributed by atoms with van der Waals surface area (Å²) in [6.07, 6.45) is 0.670. The second-order valence-electron chi connectivity index (χ2n) is 6.38. The van der Waals surface area contributed by atoms with E-state index in [0.29, 0.717) is 12.5 Å². The lowest BCUT2D eigenvalue weighted by Crippen LogP contribution is -2.29. The molecule has 0 amide bonds. The average molecular weight is 311 g/mol. The van der Waals surface area contributed by atoms with Gasteiger partial charge in [-0.2, -0.15) is 0 Å². The Morgan fingerprint density at radius 2 is 1.81 bits per heavy atom. The first-order valence-corrected chi connectivity index (χ1v) is 9.45. The maximum absolute atomic E-state index is 12.1. The van der Waals surface area contributed by atoms with Crippen molar-refractivity contribution in [3.8, 4) is 0 Å². The highest BCUT2D eigenvalue weighted by molar-refractivity contribution is 7.91. The van der Waals surface area contributed by atoms with Gasteiger partial charge < -0.3 is 5.32 Å². The number of rotatable bonds is 8. The summed E-state index contributed by atoms with van der Waals surface area (Å²) in [6.45, 7) is 10.6. The van der Waals surface area contributed by atoms with Gasteiger partial charge in [-0.25, -0.2) is 8.42 Å². The van der Waals surface area contributed by atoms with Crippen LogP contribution in [0.3, 0.4) is 0 Å². The number of benzene rings is 1. The summed E-state index contributed by atoms with van der Waals surface area (Å²) in [5, 5.41) is 3.14. The minimum Gasteiger partial charge on any atom is -0.314 e. The normalized spacial score (nSPS) is 13.9. The highest BCUT2D eigenvalue weighted by atomic mass is 32.2. The van der Waals surface area contributed by atoms with Crippen molar-refractivity contribution in [1.29, 1.82) is 0 Å². The number of hydrogen-bond donors (Lipinski definition) is 1. The highest BCUT2D eigenvalue weighted by Gasteiger charge is 2.20. The molecule has 0 spiro atoms. The maximum Gasteiger partial charge on any atom is 0.152 e. The summed E-state index contributed by atoms with van der Waals surface area (Å²) in [5.41, 5.74) is 2.44. The monoisotopic (exact) mass is 311 g/mol. The van der Waals surface area contributed by atoms with Crippen LogP contribution >= 0.6 is 0 Å². The van der Waals surface area contributed by atoms with Crippen LogP contribution in [0.5, 0.6) is 0 Å². The Kier molecular flexibility index (Phi) is 6.88. The van der Waals surface area contributed by atoms with Crippen molar-refractivity contribution in [1.82, 2.24) is 5.32 Å². The average Bonchev–Trinajstić information content (AvgIpc) is 2.38. The van der Waals surface area contributed by atoms with Gasteiger partial charge in [0.05, 0.1) is 11.0 Å². The molecule has 1 N–H and O–H groups in total. The summed E-state index contributed by atoms with van der Waals surface area (Å²) in [6, 6.07) is 8.78. The van der Waals surface area contributed by atoms with Crippen LogP contribution in [0.4, 0.5) is 0 Å². The lowest BCUT2D eigenvalue weighted by molar-refractivity contribution is 0.516. The lowest BCUT2D eigenvalue weighted by Gasteiger charge is -2.21. The van der Waals surface area contributed by atoms with Crippen LogP contribution < -0.4 is 5.32 Å². The maximum atomic E-state index is 12.1. The zero-order chi connectivity index (χ0) is 16.0. The minimum absolute atomic E-state index is 0.237. The third-order valence-electron chi connectivity index (χ3n) is 3.76. The highest BCUT2D eigenvalue weighted by Crippen LogP contribution is 2.22. The number of sulfone groups is 1. The molecular weight excluding hydrogens is 282 g/mol. The predicted molar refractivity (Wildman–Crippen MR) is 90.6 cm³/mol. The molecule has 0 bridgehead atoms. The van der Waals surface area contributed by atoms with Crippen LogP contribution in [0.25, 0.3) is 0 Å². The molecule has 3 nitrogen and oxygen atoms in total. The standard InChI is InChI=1S/C17H29NO2S/c1-13(2)18-12-17(9-10-21(19,20)14(3)4)16-8-6-7-15(5)11-16/h6-8,11,13-14,17-18H,9-10,12H2,1-5H3. The number of nitrogens with one attached hydrogen (secondary N) is 1. The molecule has 0 aliphatic heterocycles. The van der Waals surface area contributed by atoms with E-state index in [-0.39, 0.29) is 16.9 Å². The first-order valence-electron chi connectivity index (χ1n) is 7.74. The van der Waals surface area contributed by atoms with Crippen LogP contribution in [0.15, 0.2) is 24.3 Å². The Morgan fingerprint density at radius 3 is 2.33 bits per heavy atom. The zero-order valence-corrected chi connectivity index (χ0v) is 14.7. The molecule has 1 rings (SSSR count). The van der Waals surface area contributed by atoms with E-state index in [9.17, 15) is 8.42 Å². The van der Waals surface area contributed by atoms with Gasteiger partial charge in [-0.3, -0.25) is 0 Å². The molecule has 1 aromatic carbocycles. The van der Waals surface area contributed by atoms with Gasteiger partial charge in [0.25, 0.3) is 0 Å². The molecule has 0 aliphatic carbocycles. The van der Waals surface area contributed by atoms with Gasteiger partial charge in [-0.05, 0) is 38.7 Å². The van der Waals surface area contributed by atoms with E-state index in [0.717, 1.165) is 6.54 Å². The third-order valence-corrected chi connectivity index (χ3v) is 6.00. The smallest absolute Gasteiger partial charge is 0.152 e. The summed E-state index contributed by atoms with van der Waals surface area (Å²) >= 11 is 0. The van der Waals surface area contributed by atoms with Crippen molar-refractivity contribution in [2.45, 2.75) is 58.2 Å². The first kappa shape index (κ1) is 18.2. The van der Waals surface area contributed by atoms with Crippen molar-refractivity contribution >= 4 is 9.84 Å². The molecule has 1 atom stereocenters. The molecule has 120 valence electrons. The Balaban J connectivity index is 2.83. The minimum atomic E-state index is -2.98. The molecule has 0 radical (unpaired) electrons. The van der Waals surface area contributed by atoms with Crippen LogP contribution in [0.2, 0.25) is 0 Å². The fourth-order valence-electron chi connectivity index (χ4n) is 2.23. The van der Waals surface area contributed by atoms with E-state index in [4.69, 9.17) is 0 Å². The summed E-state index contributed by atoms with van der Waals surface area (Å²) in [5.74, 6) is 0.490. The molecule has 0 fully saturated rings. The Hall–Kier alpha value is -0.870. The summed E-state index contributed by atoms with van der Waals surface area (Å²) < 4.78 is 24.1. The van der Waals surface area contributed by atoms with Gasteiger partial charge in [-0.1, -0.05) is 43.7 Å². The largest absolute Gasteiger partial charge is 0.314 e. The van der Waals surface area contributed by atoms with Crippen molar-refractivity contribution < 1.29 is 8.42 Å². The zero-order valence-electron chi connectivity index (χ0n) is 13.9. The predicted octanol–water partition coefficient (Wildman–Crippen LogP) is 3.29. The van der Waals surface area contributed by atoms with Crippen LogP contribution in [0.1, 0.15) is 51.2 Å². The lowest BCUT2D eigenvalue weighted by atomic mass is 9.95. The molecule has 0 aliphatic rings. The number of hydrogen-bond acceptors (Lipinski definition) is 3. The van der Waals surface area contributed by atoms with E-state index in [1.54, 1.807) is 13.8 Å². The molecule has 21 heavy (non-hydrogen) atoms. The second kappa shape index (κ2) is 7.95. The van der Waals surface area contributed by atoms with Gasteiger partial charge in [0.1, 0.15) is 0 Å². The fraction of sp³-hybridized carbons (Fsp3) is 0.647. The topological polar surface area (TPSA) is 46.2 Å². The molecule has 0 heterocycles. The Labute approximate surface area is 130 Å². The summed E-state index contributed by atoms with van der Waals surface area (Å²) in [7, 11) is -2.98. The van der Waals surface area contributed by atoms with Crippen molar-refractivity contribution in [3.63, 3.8) is 0 Å². The SMILES string of the molecule is Cc1cccc(C(CCS(=O)(=O)C(C)C)CNC(C)C)c1. The molecule has 0 saturated carbocycles. The van der Waals surface area contributed by atoms with Crippen molar-refractivity contribution in [3.05, 3.63) is 35.4 Å². The van der Waals surface area contributed by atoms with E-state index >= 15 is 0 Å². The van der Waals surface area contributed by atoms with Crippen molar-refractivity contribution in [2.75, 3.05) is 12.3 Å². The van der Waals surface area contributed by atoms with Crippen LogP contribution in [-0.4, -0.2) is 32.0 Å². The number of aryl methyl sites for hydroxylation is 1. The van der Waals surface area contributed by atoms with Gasteiger partial charge in [0, 0.05) is 12.6 Å². The fourth-order valence-corrected chi connectivity index (χ4v) is 3.32. The first-order chi connectivity index (χ1) is 9.72. The molecule has 4 heteroatoms. The molecular formula is C17H29NO2S. The van der Waals surface area contributed by atoms with Crippen LogP contribution in [0, 0.1) is 6.92 Å². The van der Waals surface area contributed by atoms with Gasteiger partial charge in [0.2, 0.25) is 0 Å². The molecule has 1 unspecified atom stereocenters.